The lowest BCUT2D eigenvalue weighted by Crippen LogP contribution is -2.43. The Morgan fingerprint density at radius 3 is 2.19 bits per heavy atom. The Balaban J connectivity index is 2.23. The lowest BCUT2D eigenvalue weighted by molar-refractivity contribution is -0.122. The van der Waals surface area contributed by atoms with E-state index in [2.05, 4.69) is 5.32 Å². The van der Waals surface area contributed by atoms with Gasteiger partial charge in [-0.15, -0.1) is 0 Å². The summed E-state index contributed by atoms with van der Waals surface area (Å²) < 4.78 is 27.3. The van der Waals surface area contributed by atoms with Crippen molar-refractivity contribution in [2.75, 3.05) is 6.54 Å². The van der Waals surface area contributed by atoms with Gasteiger partial charge in [-0.05, 0) is 31.0 Å². The third-order valence-corrected chi connectivity index (χ3v) is 5.84. The highest BCUT2D eigenvalue weighted by Gasteiger charge is 2.27. The van der Waals surface area contributed by atoms with Crippen molar-refractivity contribution in [1.82, 2.24) is 9.62 Å². The molecular weight excluding hydrogens is 348 g/mol. The van der Waals surface area contributed by atoms with E-state index >= 15 is 0 Å². The van der Waals surface area contributed by atoms with Crippen LogP contribution in [-0.4, -0.2) is 31.2 Å². The number of rotatable bonds is 9. The monoisotopic (exact) mass is 374 g/mol. The highest BCUT2D eigenvalue weighted by molar-refractivity contribution is 7.89. The quantitative estimate of drug-likeness (QED) is 0.733. The van der Waals surface area contributed by atoms with Crippen molar-refractivity contribution in [1.29, 1.82) is 0 Å². The zero-order valence-electron chi connectivity index (χ0n) is 15.3. The Labute approximate surface area is 156 Å². The average Bonchev–Trinajstić information content (AvgIpc) is 2.63. The molecule has 0 saturated heterocycles. The first-order chi connectivity index (χ1) is 12.4. The second-order valence-corrected chi connectivity index (χ2v) is 8.27. The first kappa shape index (κ1) is 20.1. The van der Waals surface area contributed by atoms with Crippen LogP contribution in [0, 0.1) is 0 Å². The van der Waals surface area contributed by atoms with Crippen LogP contribution in [0.4, 0.5) is 0 Å². The molecule has 0 heterocycles. The maximum Gasteiger partial charge on any atom is 0.243 e. The maximum absolute atomic E-state index is 13.0. The molecule has 0 aliphatic heterocycles. The largest absolute Gasteiger partial charge is 0.353 e. The van der Waals surface area contributed by atoms with E-state index in [-0.39, 0.29) is 29.9 Å². The van der Waals surface area contributed by atoms with Crippen LogP contribution in [0.3, 0.4) is 0 Å². The van der Waals surface area contributed by atoms with Gasteiger partial charge in [-0.3, -0.25) is 4.79 Å². The second-order valence-electron chi connectivity index (χ2n) is 6.33. The normalized spacial score (nSPS) is 12.7. The molecule has 5 nitrogen and oxygen atoms in total. The third kappa shape index (κ3) is 5.68. The lowest BCUT2D eigenvalue weighted by Gasteiger charge is -2.23. The van der Waals surface area contributed by atoms with Crippen molar-refractivity contribution in [3.05, 3.63) is 66.2 Å². The molecule has 2 aromatic carbocycles. The molecule has 0 radical (unpaired) electrons. The van der Waals surface area contributed by atoms with E-state index < -0.39 is 10.0 Å². The number of nitrogens with one attached hydrogen (secondary N) is 1. The Morgan fingerprint density at radius 1 is 1.04 bits per heavy atom. The van der Waals surface area contributed by atoms with E-state index in [1.165, 1.54) is 4.31 Å². The summed E-state index contributed by atoms with van der Waals surface area (Å²) in [5.41, 5.74) is 0.835. The van der Waals surface area contributed by atoms with Crippen LogP contribution in [0.5, 0.6) is 0 Å². The molecule has 0 aliphatic rings. The van der Waals surface area contributed by atoms with Gasteiger partial charge in [0.15, 0.2) is 0 Å². The SMILES string of the molecule is CCCC(C)NC(=O)CN(Cc1ccccc1)S(=O)(=O)c1ccccc1. The number of benzene rings is 2. The fraction of sp³-hybridized carbons (Fsp3) is 0.350. The summed E-state index contributed by atoms with van der Waals surface area (Å²) in [6.07, 6.45) is 1.81. The molecule has 0 fully saturated rings. The van der Waals surface area contributed by atoms with E-state index in [1.807, 2.05) is 44.2 Å². The van der Waals surface area contributed by atoms with E-state index in [0.29, 0.717) is 0 Å². The number of carbonyl (C=O) groups excluding carboxylic acids is 1. The van der Waals surface area contributed by atoms with Gasteiger partial charge in [0.1, 0.15) is 0 Å². The number of amides is 1. The van der Waals surface area contributed by atoms with Crippen LogP contribution in [0.1, 0.15) is 32.3 Å². The Kier molecular flexibility index (Phi) is 7.36. The Morgan fingerprint density at radius 2 is 1.62 bits per heavy atom. The van der Waals surface area contributed by atoms with E-state index in [9.17, 15) is 13.2 Å². The van der Waals surface area contributed by atoms with Crippen molar-refractivity contribution in [3.63, 3.8) is 0 Å². The molecule has 1 atom stereocenters. The zero-order chi connectivity index (χ0) is 19.0. The predicted molar refractivity (Wildman–Crippen MR) is 103 cm³/mol. The molecule has 0 aliphatic carbocycles. The fourth-order valence-corrected chi connectivity index (χ4v) is 4.15. The number of hydrogen-bond donors (Lipinski definition) is 1. The summed E-state index contributed by atoms with van der Waals surface area (Å²) in [7, 11) is -3.77. The molecule has 0 bridgehead atoms. The van der Waals surface area contributed by atoms with Crippen LogP contribution in [0.2, 0.25) is 0 Å². The molecule has 6 heteroatoms. The number of carbonyl (C=O) groups is 1. The summed E-state index contributed by atoms with van der Waals surface area (Å²) >= 11 is 0. The minimum Gasteiger partial charge on any atom is -0.353 e. The van der Waals surface area contributed by atoms with Crippen molar-refractivity contribution in [3.8, 4) is 0 Å². The molecule has 1 amide bonds. The summed E-state index contributed by atoms with van der Waals surface area (Å²) in [5, 5.41) is 2.88. The third-order valence-electron chi connectivity index (χ3n) is 4.03. The standard InChI is InChI=1S/C20H26N2O3S/c1-3-10-17(2)21-20(23)16-22(15-18-11-6-4-7-12-18)26(24,25)19-13-8-5-9-14-19/h4-9,11-14,17H,3,10,15-16H2,1-2H3,(H,21,23). The van der Waals surface area contributed by atoms with Gasteiger partial charge in [0, 0.05) is 12.6 Å². The molecule has 1 unspecified atom stereocenters. The highest BCUT2D eigenvalue weighted by atomic mass is 32.2. The maximum atomic E-state index is 13.0. The molecular formula is C20H26N2O3S. The molecule has 0 aromatic heterocycles. The van der Waals surface area contributed by atoms with Gasteiger partial charge in [0.25, 0.3) is 0 Å². The average molecular weight is 375 g/mol. The predicted octanol–water partition coefficient (Wildman–Crippen LogP) is 3.18. The summed E-state index contributed by atoms with van der Waals surface area (Å²) in [4.78, 5) is 12.6. The highest BCUT2D eigenvalue weighted by Crippen LogP contribution is 2.18. The first-order valence-corrected chi connectivity index (χ1v) is 10.3. The smallest absolute Gasteiger partial charge is 0.243 e. The van der Waals surface area contributed by atoms with Gasteiger partial charge in [-0.2, -0.15) is 4.31 Å². The zero-order valence-corrected chi connectivity index (χ0v) is 16.1. The lowest BCUT2D eigenvalue weighted by atomic mass is 10.2. The van der Waals surface area contributed by atoms with Crippen molar-refractivity contribution < 1.29 is 13.2 Å². The molecule has 1 N–H and O–H groups in total. The second kappa shape index (κ2) is 9.50. The van der Waals surface area contributed by atoms with Crippen LogP contribution < -0.4 is 5.32 Å². The first-order valence-electron chi connectivity index (χ1n) is 8.82. The van der Waals surface area contributed by atoms with Gasteiger partial charge >= 0.3 is 0 Å². The molecule has 140 valence electrons. The van der Waals surface area contributed by atoms with Crippen LogP contribution in [0.25, 0.3) is 0 Å². The number of nitrogens with zero attached hydrogens (tertiary/aromatic N) is 1. The molecule has 2 aromatic rings. The van der Waals surface area contributed by atoms with Crippen molar-refractivity contribution in [2.24, 2.45) is 0 Å². The van der Waals surface area contributed by atoms with Gasteiger partial charge in [-0.1, -0.05) is 61.9 Å². The minimum absolute atomic E-state index is 0.0190. The van der Waals surface area contributed by atoms with E-state index in [0.717, 1.165) is 18.4 Å². The van der Waals surface area contributed by atoms with Crippen LogP contribution in [-0.2, 0) is 21.4 Å². The summed E-state index contributed by atoms with van der Waals surface area (Å²) in [6.45, 7) is 3.91. The van der Waals surface area contributed by atoms with Crippen molar-refractivity contribution in [2.45, 2.75) is 44.2 Å². The molecule has 0 saturated carbocycles. The van der Waals surface area contributed by atoms with Gasteiger partial charge in [0.05, 0.1) is 11.4 Å². The Bertz CT molecular complexity index is 792. The van der Waals surface area contributed by atoms with Gasteiger partial charge in [-0.25, -0.2) is 8.42 Å². The topological polar surface area (TPSA) is 66.5 Å². The molecule has 26 heavy (non-hydrogen) atoms. The number of hydrogen-bond acceptors (Lipinski definition) is 3. The molecule has 0 spiro atoms. The minimum atomic E-state index is -3.77. The Hall–Kier alpha value is -2.18. The van der Waals surface area contributed by atoms with Crippen LogP contribution >= 0.6 is 0 Å². The van der Waals surface area contributed by atoms with Gasteiger partial charge < -0.3 is 5.32 Å². The summed E-state index contributed by atoms with van der Waals surface area (Å²) in [5.74, 6) is -0.290. The molecule has 2 rings (SSSR count). The van der Waals surface area contributed by atoms with Gasteiger partial charge in [0.2, 0.25) is 15.9 Å². The number of sulfonamides is 1. The van der Waals surface area contributed by atoms with Crippen LogP contribution in [0.15, 0.2) is 65.6 Å². The van der Waals surface area contributed by atoms with E-state index in [4.69, 9.17) is 0 Å². The van der Waals surface area contributed by atoms with Crippen molar-refractivity contribution >= 4 is 15.9 Å². The summed E-state index contributed by atoms with van der Waals surface area (Å²) in [6, 6.07) is 17.5. The van der Waals surface area contributed by atoms with E-state index in [1.54, 1.807) is 30.3 Å². The fourth-order valence-electron chi connectivity index (χ4n) is 2.74.